The number of allylic oxidation sites excluding steroid dienone is 1. The van der Waals surface area contributed by atoms with Crippen molar-refractivity contribution < 1.29 is 19.4 Å². The van der Waals surface area contributed by atoms with Crippen molar-refractivity contribution in [3.05, 3.63) is 12.2 Å². The van der Waals surface area contributed by atoms with E-state index in [1.54, 1.807) is 7.11 Å². The fourth-order valence-corrected chi connectivity index (χ4v) is 11.9. The van der Waals surface area contributed by atoms with Gasteiger partial charge in [-0.25, -0.2) is 0 Å². The van der Waals surface area contributed by atoms with Crippen molar-refractivity contribution in [2.45, 2.75) is 112 Å². The van der Waals surface area contributed by atoms with Gasteiger partial charge in [0.25, 0.3) is 0 Å². The maximum atomic E-state index is 12.8. The largest absolute Gasteiger partial charge is 0.481 e. The van der Waals surface area contributed by atoms with Gasteiger partial charge in [0, 0.05) is 7.11 Å². The first-order valence-electron chi connectivity index (χ1n) is 14.8. The van der Waals surface area contributed by atoms with Gasteiger partial charge in [0.2, 0.25) is 0 Å². The molecule has 0 aromatic carbocycles. The summed E-state index contributed by atoms with van der Waals surface area (Å²) in [5, 5.41) is 10.6. The number of methoxy groups -OCH3 is 1. The zero-order chi connectivity index (χ0) is 26.3. The zero-order valence-electron chi connectivity index (χ0n) is 24.1. The molecular weight excluding hydrogens is 448 g/mol. The number of rotatable bonds is 5. The van der Waals surface area contributed by atoms with E-state index in [1.165, 1.54) is 37.7 Å². The van der Waals surface area contributed by atoms with E-state index in [9.17, 15) is 9.90 Å². The Balaban J connectivity index is 1.51. The number of fused-ring (bicyclic) bond motifs is 7. The Bertz CT molecular complexity index is 910. The molecule has 0 radical (unpaired) electrons. The Hall–Kier alpha value is -0.870. The maximum Gasteiger partial charge on any atom is 0.309 e. The number of carboxylic acids is 1. The van der Waals surface area contributed by atoms with Crippen LogP contribution in [0.25, 0.3) is 0 Å². The third-order valence-corrected chi connectivity index (χ3v) is 13.8. The standard InChI is InChI=1S/C32H52O4/c1-20(2)21-11-16-32(27(33)34)18-17-30(6)22(26(21)32)9-10-24-29(5)14-13-25(36-19-35-8)28(3,4)23(29)12-15-31(24,30)7/h21-26H,1,9-19H2,2-8H3,(H,33,34)/t21-,22+,23-,24+,25-,26+,29-,30+,31+,32-/m0/s1. The molecule has 36 heavy (non-hydrogen) atoms. The minimum atomic E-state index is -0.531. The molecule has 0 aromatic heterocycles. The lowest BCUT2D eigenvalue weighted by atomic mass is 9.32. The van der Waals surface area contributed by atoms with Crippen molar-refractivity contribution in [1.29, 1.82) is 0 Å². The molecule has 0 amide bonds. The molecule has 0 unspecified atom stereocenters. The van der Waals surface area contributed by atoms with Gasteiger partial charge < -0.3 is 14.6 Å². The molecular formula is C32H52O4. The van der Waals surface area contributed by atoms with E-state index in [1.807, 2.05) is 0 Å². The van der Waals surface area contributed by atoms with Crippen LogP contribution in [0.4, 0.5) is 0 Å². The highest BCUT2D eigenvalue weighted by molar-refractivity contribution is 5.76. The topological polar surface area (TPSA) is 55.8 Å². The highest BCUT2D eigenvalue weighted by Gasteiger charge is 2.72. The van der Waals surface area contributed by atoms with E-state index in [-0.39, 0.29) is 28.3 Å². The summed E-state index contributed by atoms with van der Waals surface area (Å²) >= 11 is 0. The van der Waals surface area contributed by atoms with E-state index in [0.717, 1.165) is 32.1 Å². The maximum absolute atomic E-state index is 12.8. The monoisotopic (exact) mass is 500 g/mol. The van der Waals surface area contributed by atoms with Crippen molar-refractivity contribution in [3.8, 4) is 0 Å². The quantitative estimate of drug-likeness (QED) is 0.310. The number of hydrogen-bond donors (Lipinski definition) is 1. The second-order valence-electron chi connectivity index (χ2n) is 15.1. The molecule has 1 N–H and O–H groups in total. The molecule has 5 saturated carbocycles. The molecule has 5 fully saturated rings. The third kappa shape index (κ3) is 3.28. The minimum Gasteiger partial charge on any atom is -0.481 e. The van der Waals surface area contributed by atoms with Gasteiger partial charge in [-0.15, -0.1) is 0 Å². The molecule has 0 saturated heterocycles. The minimum absolute atomic E-state index is 0.131. The lowest BCUT2D eigenvalue weighted by Crippen LogP contribution is -2.67. The van der Waals surface area contributed by atoms with Crippen molar-refractivity contribution in [1.82, 2.24) is 0 Å². The third-order valence-electron chi connectivity index (χ3n) is 13.8. The van der Waals surface area contributed by atoms with Crippen molar-refractivity contribution in [2.24, 2.45) is 56.7 Å². The van der Waals surface area contributed by atoms with Crippen LogP contribution in [0.1, 0.15) is 106 Å². The van der Waals surface area contributed by atoms with Crippen LogP contribution in [0.5, 0.6) is 0 Å². The van der Waals surface area contributed by atoms with E-state index in [0.29, 0.717) is 35.9 Å². The lowest BCUT2D eigenvalue weighted by molar-refractivity contribution is -0.256. The second-order valence-corrected chi connectivity index (χ2v) is 15.1. The molecule has 0 aliphatic heterocycles. The van der Waals surface area contributed by atoms with Crippen LogP contribution in [-0.4, -0.2) is 31.1 Å². The van der Waals surface area contributed by atoms with Gasteiger partial charge in [0.05, 0.1) is 11.5 Å². The summed E-state index contributed by atoms with van der Waals surface area (Å²) in [5.41, 5.74) is 1.57. The number of hydrogen-bond acceptors (Lipinski definition) is 3. The van der Waals surface area contributed by atoms with E-state index < -0.39 is 11.4 Å². The fraction of sp³-hybridized carbons (Fsp3) is 0.906. The van der Waals surface area contributed by atoms with Crippen LogP contribution in [-0.2, 0) is 14.3 Å². The molecule has 0 bridgehead atoms. The predicted molar refractivity (Wildman–Crippen MR) is 143 cm³/mol. The normalized spacial score (nSPS) is 51.4. The first-order chi connectivity index (χ1) is 16.8. The van der Waals surface area contributed by atoms with Gasteiger partial charge in [-0.2, -0.15) is 0 Å². The molecule has 0 spiro atoms. The van der Waals surface area contributed by atoms with E-state index in [4.69, 9.17) is 9.47 Å². The molecule has 4 heteroatoms. The van der Waals surface area contributed by atoms with E-state index >= 15 is 0 Å². The Morgan fingerprint density at radius 1 is 0.889 bits per heavy atom. The van der Waals surface area contributed by atoms with Crippen LogP contribution in [0.2, 0.25) is 0 Å². The van der Waals surface area contributed by atoms with Gasteiger partial charge in [0.1, 0.15) is 6.79 Å². The number of aliphatic carboxylic acids is 1. The van der Waals surface area contributed by atoms with Crippen LogP contribution < -0.4 is 0 Å². The average Bonchev–Trinajstić information content (AvgIpc) is 3.20. The Morgan fingerprint density at radius 3 is 2.25 bits per heavy atom. The molecule has 5 aliphatic rings. The lowest BCUT2D eigenvalue weighted by Gasteiger charge is -2.72. The SMILES string of the molecule is C=C(C)[C@@H]1CC[C@]2(C(=O)O)CC[C@]3(C)[C@H](CC[C@@H]4[C@@]5(C)CC[C@H](OCOC)C(C)(C)[C@@H]5CC[C@]43C)[C@@H]12. The summed E-state index contributed by atoms with van der Waals surface area (Å²) in [5.74, 6) is 1.92. The number of carbonyl (C=O) groups is 1. The molecule has 5 aliphatic carbocycles. The summed E-state index contributed by atoms with van der Waals surface area (Å²) in [6, 6.07) is 0. The molecule has 10 atom stereocenters. The van der Waals surface area contributed by atoms with Gasteiger partial charge in [0.15, 0.2) is 0 Å². The predicted octanol–water partition coefficient (Wildman–Crippen LogP) is 7.72. The van der Waals surface area contributed by atoms with Crippen molar-refractivity contribution in [3.63, 3.8) is 0 Å². The Labute approximate surface area is 220 Å². The zero-order valence-corrected chi connectivity index (χ0v) is 24.1. The number of ether oxygens (including phenoxy) is 2. The molecule has 4 nitrogen and oxygen atoms in total. The Kier molecular flexibility index (Phi) is 6.36. The van der Waals surface area contributed by atoms with Gasteiger partial charge in [-0.05, 0) is 122 Å². The molecule has 0 heterocycles. The molecule has 0 aromatic rings. The van der Waals surface area contributed by atoms with Crippen LogP contribution in [0, 0.1) is 56.7 Å². The summed E-state index contributed by atoms with van der Waals surface area (Å²) in [7, 11) is 1.72. The van der Waals surface area contributed by atoms with Crippen LogP contribution in [0.3, 0.4) is 0 Å². The number of carboxylic acid groups (broad SMARTS) is 1. The van der Waals surface area contributed by atoms with Crippen molar-refractivity contribution >= 4 is 5.97 Å². The summed E-state index contributed by atoms with van der Waals surface area (Å²) < 4.78 is 11.5. The van der Waals surface area contributed by atoms with Gasteiger partial charge >= 0.3 is 5.97 Å². The van der Waals surface area contributed by atoms with Gasteiger partial charge in [-0.3, -0.25) is 4.79 Å². The summed E-state index contributed by atoms with van der Waals surface area (Å²) in [6.45, 7) is 19.6. The first-order valence-corrected chi connectivity index (χ1v) is 14.8. The average molecular weight is 501 g/mol. The highest BCUT2D eigenvalue weighted by Crippen LogP contribution is 2.77. The summed E-state index contributed by atoms with van der Waals surface area (Å²) in [4.78, 5) is 12.8. The molecule has 5 rings (SSSR count). The highest BCUT2D eigenvalue weighted by atomic mass is 16.7. The fourth-order valence-electron chi connectivity index (χ4n) is 11.9. The van der Waals surface area contributed by atoms with Crippen LogP contribution in [0.15, 0.2) is 12.2 Å². The Morgan fingerprint density at radius 2 is 1.61 bits per heavy atom. The van der Waals surface area contributed by atoms with Gasteiger partial charge in [-0.1, -0.05) is 46.8 Å². The first kappa shape index (κ1) is 26.7. The van der Waals surface area contributed by atoms with E-state index in [2.05, 4.69) is 48.1 Å². The van der Waals surface area contributed by atoms with Crippen molar-refractivity contribution in [2.75, 3.05) is 13.9 Å². The summed E-state index contributed by atoms with van der Waals surface area (Å²) in [6.07, 6.45) is 11.3. The second kappa shape index (κ2) is 8.57. The molecule has 204 valence electrons. The smallest absolute Gasteiger partial charge is 0.309 e. The van der Waals surface area contributed by atoms with Crippen LogP contribution >= 0.6 is 0 Å².